The molecule has 0 N–H and O–H groups in total. The van der Waals surface area contributed by atoms with E-state index < -0.39 is 0 Å². The van der Waals surface area contributed by atoms with Crippen LogP contribution < -0.4 is 0 Å². The van der Waals surface area contributed by atoms with E-state index in [2.05, 4.69) is 62.4 Å². The Morgan fingerprint density at radius 2 is 1.42 bits per heavy atom. The average Bonchev–Trinajstić information content (AvgIpc) is 2.79. The number of hydrogen-bond donors (Lipinski definition) is 0. The van der Waals surface area contributed by atoms with Gasteiger partial charge in [0.25, 0.3) is 0 Å². The maximum absolute atomic E-state index is 2.44. The summed E-state index contributed by atoms with van der Waals surface area (Å²) in [6.07, 6.45) is 4.01. The van der Waals surface area contributed by atoms with Crippen LogP contribution in [0.15, 0.2) is 48.5 Å². The topological polar surface area (TPSA) is 0 Å². The lowest BCUT2D eigenvalue weighted by molar-refractivity contribution is 0.685. The molecular formula is C18H21P. The molecule has 19 heavy (non-hydrogen) atoms. The Labute approximate surface area is 116 Å². The first-order chi connectivity index (χ1) is 9.33. The summed E-state index contributed by atoms with van der Waals surface area (Å²) in [5.41, 5.74) is 0.791. The maximum atomic E-state index is 2.44. The molecule has 0 spiro atoms. The quantitative estimate of drug-likeness (QED) is 0.492. The van der Waals surface area contributed by atoms with Gasteiger partial charge in [-0.3, -0.25) is 0 Å². The molecule has 2 aromatic carbocycles. The zero-order valence-corrected chi connectivity index (χ0v) is 12.7. The second-order valence-corrected chi connectivity index (χ2v) is 7.98. The van der Waals surface area contributed by atoms with Crippen LogP contribution in [-0.2, 0) is 0 Å². The molecule has 1 aromatic heterocycles. The Balaban J connectivity index is 2.24. The highest BCUT2D eigenvalue weighted by atomic mass is 31.1. The molecule has 0 saturated heterocycles. The van der Waals surface area contributed by atoms with Gasteiger partial charge in [0.05, 0.1) is 0 Å². The number of benzene rings is 2. The summed E-state index contributed by atoms with van der Waals surface area (Å²) in [4.78, 5) is 0. The standard InChI is InChI=1S/C18H21P/c1-3-4-9-14(2)19-17-12-7-5-10-15(17)16-11-6-8-13-18(16)19/h5-8,10-14H,3-4,9H2,1-2H3. The highest BCUT2D eigenvalue weighted by molar-refractivity contribution is 7.61. The van der Waals surface area contributed by atoms with Crippen molar-refractivity contribution in [1.29, 1.82) is 0 Å². The van der Waals surface area contributed by atoms with Gasteiger partial charge in [-0.2, -0.15) is 0 Å². The van der Waals surface area contributed by atoms with Crippen molar-refractivity contribution in [3.8, 4) is 0 Å². The Morgan fingerprint density at radius 3 is 1.95 bits per heavy atom. The van der Waals surface area contributed by atoms with Crippen molar-refractivity contribution in [3.05, 3.63) is 48.5 Å². The van der Waals surface area contributed by atoms with Crippen LogP contribution in [0.25, 0.3) is 21.0 Å². The zero-order valence-electron chi connectivity index (χ0n) is 11.8. The van der Waals surface area contributed by atoms with Crippen molar-refractivity contribution in [2.45, 2.75) is 38.8 Å². The summed E-state index contributed by atoms with van der Waals surface area (Å²) in [7, 11) is -0.150. The summed E-state index contributed by atoms with van der Waals surface area (Å²) in [5, 5.41) is 6.16. The molecule has 0 aliphatic heterocycles. The monoisotopic (exact) mass is 268 g/mol. The fourth-order valence-electron chi connectivity index (χ4n) is 3.06. The van der Waals surface area contributed by atoms with Crippen molar-refractivity contribution in [2.24, 2.45) is 0 Å². The van der Waals surface area contributed by atoms with Crippen LogP contribution in [-0.4, -0.2) is 0 Å². The fraction of sp³-hybridized carbons (Fsp3) is 0.333. The third-order valence-electron chi connectivity index (χ3n) is 4.03. The van der Waals surface area contributed by atoms with Crippen LogP contribution in [0.4, 0.5) is 0 Å². The Hall–Kier alpha value is -1.26. The molecule has 1 heteroatoms. The minimum absolute atomic E-state index is 0.150. The minimum Gasteiger partial charge on any atom is -0.106 e. The molecule has 0 aliphatic rings. The molecule has 0 aliphatic carbocycles. The fourth-order valence-corrected chi connectivity index (χ4v) is 6.11. The van der Waals surface area contributed by atoms with Gasteiger partial charge in [0.1, 0.15) is 0 Å². The van der Waals surface area contributed by atoms with E-state index in [-0.39, 0.29) is 7.53 Å². The van der Waals surface area contributed by atoms with Gasteiger partial charge in [0, 0.05) is 10.2 Å². The lowest BCUT2D eigenvalue weighted by Crippen LogP contribution is -1.82. The highest BCUT2D eigenvalue weighted by Gasteiger charge is 2.15. The maximum Gasteiger partial charge on any atom is 0.00264 e. The van der Waals surface area contributed by atoms with Gasteiger partial charge < -0.3 is 0 Å². The van der Waals surface area contributed by atoms with E-state index >= 15 is 0 Å². The molecule has 1 heterocycles. The number of hydrogen-bond acceptors (Lipinski definition) is 0. The van der Waals surface area contributed by atoms with Gasteiger partial charge in [-0.25, -0.2) is 0 Å². The van der Waals surface area contributed by atoms with E-state index in [0.717, 1.165) is 5.66 Å². The van der Waals surface area contributed by atoms with Crippen molar-refractivity contribution in [2.75, 3.05) is 0 Å². The van der Waals surface area contributed by atoms with E-state index in [1.807, 2.05) is 0 Å². The molecule has 98 valence electrons. The summed E-state index contributed by atoms with van der Waals surface area (Å²) >= 11 is 0. The molecule has 1 atom stereocenters. The van der Waals surface area contributed by atoms with E-state index in [9.17, 15) is 0 Å². The third kappa shape index (κ3) is 2.19. The molecule has 0 nitrogen and oxygen atoms in total. The number of fused-ring (bicyclic) bond motifs is 3. The molecule has 0 saturated carbocycles. The Bertz CT molecular complexity index is 640. The average molecular weight is 268 g/mol. The lowest BCUT2D eigenvalue weighted by Gasteiger charge is -2.12. The molecule has 0 fully saturated rings. The second kappa shape index (κ2) is 5.39. The SMILES string of the molecule is CCCCC(C)p1c2ccccc2c2ccccc21. The zero-order chi connectivity index (χ0) is 13.2. The van der Waals surface area contributed by atoms with Gasteiger partial charge in [-0.1, -0.05) is 75.2 Å². The van der Waals surface area contributed by atoms with E-state index in [4.69, 9.17) is 0 Å². The molecule has 0 bridgehead atoms. The Kier molecular flexibility index (Phi) is 3.62. The molecular weight excluding hydrogens is 247 g/mol. The van der Waals surface area contributed by atoms with Gasteiger partial charge >= 0.3 is 0 Å². The van der Waals surface area contributed by atoms with Crippen molar-refractivity contribution in [3.63, 3.8) is 0 Å². The lowest BCUT2D eigenvalue weighted by atomic mass is 10.2. The molecule has 0 radical (unpaired) electrons. The normalized spacial score (nSPS) is 13.2. The smallest absolute Gasteiger partial charge is 0.00264 e. The first kappa shape index (κ1) is 12.8. The summed E-state index contributed by atoms with van der Waals surface area (Å²) in [5.74, 6) is 0. The summed E-state index contributed by atoms with van der Waals surface area (Å²) in [6.45, 7) is 4.73. The third-order valence-corrected chi connectivity index (χ3v) is 6.99. The van der Waals surface area contributed by atoms with Crippen molar-refractivity contribution in [1.82, 2.24) is 0 Å². The van der Waals surface area contributed by atoms with Gasteiger partial charge in [-0.05, 0) is 22.9 Å². The first-order valence-electron chi connectivity index (χ1n) is 7.30. The predicted octanol–water partition coefficient (Wildman–Crippen LogP) is 6.73. The highest BCUT2D eigenvalue weighted by Crippen LogP contribution is 2.56. The van der Waals surface area contributed by atoms with Gasteiger partial charge in [-0.15, -0.1) is 7.53 Å². The van der Waals surface area contributed by atoms with E-state index in [1.165, 1.54) is 30.0 Å². The first-order valence-corrected chi connectivity index (χ1v) is 8.71. The van der Waals surface area contributed by atoms with Crippen LogP contribution in [0, 0.1) is 0 Å². The largest absolute Gasteiger partial charge is 0.106 e. The predicted molar refractivity (Wildman–Crippen MR) is 88.4 cm³/mol. The molecule has 1 unspecified atom stereocenters. The second-order valence-electron chi connectivity index (χ2n) is 5.40. The Morgan fingerprint density at radius 1 is 0.895 bits per heavy atom. The summed E-state index contributed by atoms with van der Waals surface area (Å²) in [6, 6.07) is 18.0. The van der Waals surface area contributed by atoms with Crippen LogP contribution in [0.2, 0.25) is 0 Å². The van der Waals surface area contributed by atoms with Crippen molar-refractivity contribution >= 4 is 28.5 Å². The molecule has 3 aromatic rings. The molecule has 3 rings (SSSR count). The van der Waals surface area contributed by atoms with E-state index in [1.54, 1.807) is 10.2 Å². The van der Waals surface area contributed by atoms with E-state index in [0.29, 0.717) is 0 Å². The number of unbranched alkanes of at least 4 members (excludes halogenated alkanes) is 1. The van der Waals surface area contributed by atoms with Crippen LogP contribution in [0.5, 0.6) is 0 Å². The van der Waals surface area contributed by atoms with Gasteiger partial charge in [0.15, 0.2) is 0 Å². The molecule has 0 amide bonds. The minimum atomic E-state index is -0.150. The summed E-state index contributed by atoms with van der Waals surface area (Å²) < 4.78 is 0. The van der Waals surface area contributed by atoms with Crippen molar-refractivity contribution < 1.29 is 0 Å². The van der Waals surface area contributed by atoms with Gasteiger partial charge in [0.2, 0.25) is 0 Å². The van der Waals surface area contributed by atoms with Crippen LogP contribution >= 0.6 is 7.53 Å². The van der Waals surface area contributed by atoms with Crippen LogP contribution in [0.1, 0.15) is 38.8 Å². The number of rotatable bonds is 4. The van der Waals surface area contributed by atoms with Crippen LogP contribution in [0.3, 0.4) is 0 Å².